The Balaban J connectivity index is 0.00000289. The summed E-state index contributed by atoms with van der Waals surface area (Å²) in [6.45, 7) is 8.44. The third kappa shape index (κ3) is 6.03. The number of hydrogen-bond acceptors (Lipinski definition) is 3. The molecule has 0 unspecified atom stereocenters. The van der Waals surface area contributed by atoms with Gasteiger partial charge in [-0.25, -0.2) is 0 Å². The smallest absolute Gasteiger partial charge is 0.236 e. The molecule has 0 spiro atoms. The number of hydrogen-bond donors (Lipinski definition) is 1. The minimum absolute atomic E-state index is 0. The van der Waals surface area contributed by atoms with Crippen molar-refractivity contribution in [3.63, 3.8) is 0 Å². The van der Waals surface area contributed by atoms with Gasteiger partial charge in [-0.2, -0.15) is 0 Å². The number of halogens is 1. The Bertz CT molecular complexity index is 232. The van der Waals surface area contributed by atoms with Crippen molar-refractivity contribution in [3.05, 3.63) is 0 Å². The van der Waals surface area contributed by atoms with Crippen LogP contribution in [0.3, 0.4) is 0 Å². The molecule has 0 radical (unpaired) electrons. The lowest BCUT2D eigenvalue weighted by Crippen LogP contribution is -2.48. The fraction of sp³-hybridized carbons (Fsp3) is 0.923. The van der Waals surface area contributed by atoms with Crippen molar-refractivity contribution in [2.75, 3.05) is 32.7 Å². The van der Waals surface area contributed by atoms with Crippen LogP contribution in [0.1, 0.15) is 39.5 Å². The molecule has 0 aliphatic carbocycles. The Morgan fingerprint density at radius 1 is 1.33 bits per heavy atom. The summed E-state index contributed by atoms with van der Waals surface area (Å²) in [5.74, 6) is 0.266. The fourth-order valence-electron chi connectivity index (χ4n) is 2.43. The van der Waals surface area contributed by atoms with Gasteiger partial charge < -0.3 is 10.6 Å². The molecular weight excluding hydrogens is 250 g/mol. The van der Waals surface area contributed by atoms with Gasteiger partial charge >= 0.3 is 0 Å². The maximum atomic E-state index is 12.1. The SMILES string of the molecule is CCCN(CCC)C(=O)CN1CCC[C@@H](N)C1.Cl. The third-order valence-corrected chi connectivity index (χ3v) is 3.24. The lowest BCUT2D eigenvalue weighted by Gasteiger charge is -2.32. The second-order valence-corrected chi connectivity index (χ2v) is 5.02. The lowest BCUT2D eigenvalue weighted by atomic mass is 10.1. The molecule has 0 aromatic rings. The molecular formula is C13H28ClN3O. The Morgan fingerprint density at radius 2 is 1.94 bits per heavy atom. The van der Waals surface area contributed by atoms with Crippen LogP contribution in [-0.4, -0.2) is 54.5 Å². The highest BCUT2D eigenvalue weighted by Crippen LogP contribution is 2.08. The van der Waals surface area contributed by atoms with E-state index in [-0.39, 0.29) is 24.4 Å². The summed E-state index contributed by atoms with van der Waals surface area (Å²) in [6, 6.07) is 0.252. The summed E-state index contributed by atoms with van der Waals surface area (Å²) in [7, 11) is 0. The molecule has 108 valence electrons. The minimum atomic E-state index is 0. The molecule has 1 aliphatic rings. The zero-order valence-corrected chi connectivity index (χ0v) is 12.5. The van der Waals surface area contributed by atoms with Gasteiger partial charge in [0.2, 0.25) is 5.91 Å². The standard InChI is InChI=1S/C13H27N3O.ClH/c1-3-7-16(8-4-2)13(17)11-15-9-5-6-12(14)10-15;/h12H,3-11,14H2,1-2H3;1H/t12-;/m1./s1. The molecule has 18 heavy (non-hydrogen) atoms. The van der Waals surface area contributed by atoms with E-state index >= 15 is 0 Å². The van der Waals surface area contributed by atoms with Crippen molar-refractivity contribution >= 4 is 18.3 Å². The van der Waals surface area contributed by atoms with E-state index in [1.165, 1.54) is 0 Å². The number of carbonyl (C=O) groups is 1. The average Bonchev–Trinajstić information content (AvgIpc) is 2.28. The predicted molar refractivity (Wildman–Crippen MR) is 78.1 cm³/mol. The van der Waals surface area contributed by atoms with Crippen LogP contribution in [0.25, 0.3) is 0 Å². The summed E-state index contributed by atoms with van der Waals surface area (Å²) in [5.41, 5.74) is 5.93. The molecule has 1 amide bonds. The van der Waals surface area contributed by atoms with Crippen LogP contribution in [0.4, 0.5) is 0 Å². The molecule has 1 atom stereocenters. The Kier molecular flexibility index (Phi) is 9.42. The molecule has 0 saturated carbocycles. The minimum Gasteiger partial charge on any atom is -0.342 e. The molecule has 0 aromatic heterocycles. The highest BCUT2D eigenvalue weighted by Gasteiger charge is 2.21. The van der Waals surface area contributed by atoms with E-state index in [4.69, 9.17) is 5.73 Å². The molecule has 1 heterocycles. The first kappa shape index (κ1) is 17.7. The van der Waals surface area contributed by atoms with Gasteiger partial charge in [0.25, 0.3) is 0 Å². The third-order valence-electron chi connectivity index (χ3n) is 3.24. The van der Waals surface area contributed by atoms with Gasteiger partial charge in [0, 0.05) is 25.7 Å². The summed E-state index contributed by atoms with van der Waals surface area (Å²) >= 11 is 0. The van der Waals surface area contributed by atoms with Crippen LogP contribution in [0.15, 0.2) is 0 Å². The van der Waals surface area contributed by atoms with Crippen molar-refractivity contribution in [2.24, 2.45) is 5.73 Å². The summed E-state index contributed by atoms with van der Waals surface area (Å²) in [5, 5.41) is 0. The van der Waals surface area contributed by atoms with E-state index in [0.29, 0.717) is 6.54 Å². The molecule has 1 fully saturated rings. The zero-order valence-electron chi connectivity index (χ0n) is 11.7. The first-order chi connectivity index (χ1) is 8.17. The van der Waals surface area contributed by atoms with Crippen LogP contribution in [0.2, 0.25) is 0 Å². The van der Waals surface area contributed by atoms with Gasteiger partial charge in [-0.3, -0.25) is 9.69 Å². The van der Waals surface area contributed by atoms with Crippen molar-refractivity contribution in [1.29, 1.82) is 0 Å². The molecule has 1 rings (SSSR count). The van der Waals surface area contributed by atoms with E-state index in [1.54, 1.807) is 0 Å². The molecule has 0 bridgehead atoms. The van der Waals surface area contributed by atoms with Gasteiger partial charge in [-0.1, -0.05) is 13.8 Å². The largest absolute Gasteiger partial charge is 0.342 e. The van der Waals surface area contributed by atoms with E-state index in [9.17, 15) is 4.79 Å². The lowest BCUT2D eigenvalue weighted by molar-refractivity contribution is -0.132. The summed E-state index contributed by atoms with van der Waals surface area (Å²) in [6.07, 6.45) is 4.28. The number of nitrogens with zero attached hydrogens (tertiary/aromatic N) is 2. The number of piperidine rings is 1. The number of nitrogens with two attached hydrogens (primary N) is 1. The Morgan fingerprint density at radius 3 is 2.44 bits per heavy atom. The highest BCUT2D eigenvalue weighted by molar-refractivity contribution is 5.85. The van der Waals surface area contributed by atoms with E-state index in [1.807, 2.05) is 4.90 Å². The summed E-state index contributed by atoms with van der Waals surface area (Å²) < 4.78 is 0. The molecule has 1 saturated heterocycles. The number of amides is 1. The van der Waals surface area contributed by atoms with Crippen LogP contribution < -0.4 is 5.73 Å². The summed E-state index contributed by atoms with van der Waals surface area (Å²) in [4.78, 5) is 16.3. The van der Waals surface area contributed by atoms with E-state index in [0.717, 1.165) is 51.9 Å². The number of carbonyl (C=O) groups excluding carboxylic acids is 1. The quantitative estimate of drug-likeness (QED) is 0.800. The van der Waals surface area contributed by atoms with Crippen molar-refractivity contribution < 1.29 is 4.79 Å². The molecule has 0 aromatic carbocycles. The van der Waals surface area contributed by atoms with Gasteiger partial charge in [-0.15, -0.1) is 12.4 Å². The van der Waals surface area contributed by atoms with Crippen LogP contribution in [-0.2, 0) is 4.79 Å². The van der Waals surface area contributed by atoms with Crippen LogP contribution in [0, 0.1) is 0 Å². The molecule has 2 N–H and O–H groups in total. The maximum Gasteiger partial charge on any atom is 0.236 e. The van der Waals surface area contributed by atoms with E-state index < -0.39 is 0 Å². The number of likely N-dealkylation sites (tertiary alicyclic amines) is 1. The first-order valence-electron chi connectivity index (χ1n) is 6.93. The van der Waals surface area contributed by atoms with Crippen LogP contribution in [0.5, 0.6) is 0 Å². The maximum absolute atomic E-state index is 12.1. The molecule has 4 nitrogen and oxygen atoms in total. The van der Waals surface area contributed by atoms with Gasteiger partial charge in [0.1, 0.15) is 0 Å². The van der Waals surface area contributed by atoms with Gasteiger partial charge in [0.05, 0.1) is 6.54 Å². The van der Waals surface area contributed by atoms with Gasteiger partial charge in [0.15, 0.2) is 0 Å². The normalized spacial score (nSPS) is 20.3. The second-order valence-electron chi connectivity index (χ2n) is 5.02. The highest BCUT2D eigenvalue weighted by atomic mass is 35.5. The fourth-order valence-corrected chi connectivity index (χ4v) is 2.43. The monoisotopic (exact) mass is 277 g/mol. The first-order valence-corrected chi connectivity index (χ1v) is 6.93. The van der Waals surface area contributed by atoms with Crippen molar-refractivity contribution in [2.45, 2.75) is 45.6 Å². The number of rotatable bonds is 6. The molecule has 5 heteroatoms. The molecule has 1 aliphatic heterocycles. The van der Waals surface area contributed by atoms with Crippen molar-refractivity contribution in [3.8, 4) is 0 Å². The average molecular weight is 278 g/mol. The second kappa shape index (κ2) is 9.59. The Labute approximate surface area is 117 Å². The van der Waals surface area contributed by atoms with E-state index in [2.05, 4.69) is 18.7 Å². The van der Waals surface area contributed by atoms with Crippen LogP contribution >= 0.6 is 12.4 Å². The van der Waals surface area contributed by atoms with Gasteiger partial charge in [-0.05, 0) is 32.2 Å². The van der Waals surface area contributed by atoms with Crippen molar-refractivity contribution in [1.82, 2.24) is 9.80 Å². The zero-order chi connectivity index (χ0) is 12.7. The topological polar surface area (TPSA) is 49.6 Å². The predicted octanol–water partition coefficient (Wildman–Crippen LogP) is 1.48. The Hall–Kier alpha value is -0.320.